The van der Waals surface area contributed by atoms with E-state index in [1.54, 1.807) is 18.5 Å². The Morgan fingerprint density at radius 2 is 2.21 bits per heavy atom. The molecule has 19 heavy (non-hydrogen) atoms. The van der Waals surface area contributed by atoms with Crippen LogP contribution in [0.2, 0.25) is 0 Å². The maximum Gasteiger partial charge on any atom is 0.311 e. The third-order valence-corrected chi connectivity index (χ3v) is 2.57. The zero-order valence-corrected chi connectivity index (χ0v) is 9.79. The van der Waals surface area contributed by atoms with E-state index in [1.165, 1.54) is 12.1 Å². The van der Waals surface area contributed by atoms with Crippen molar-refractivity contribution in [1.29, 1.82) is 0 Å². The molecule has 1 aromatic carbocycles. The molecule has 0 atom stereocenters. The van der Waals surface area contributed by atoms with Crippen LogP contribution in [0.15, 0.2) is 36.7 Å². The van der Waals surface area contributed by atoms with E-state index >= 15 is 0 Å². The molecule has 98 valence electrons. The molecule has 7 nitrogen and oxygen atoms in total. The summed E-state index contributed by atoms with van der Waals surface area (Å²) >= 11 is 0. The number of benzene rings is 1. The fourth-order valence-corrected chi connectivity index (χ4v) is 1.61. The number of rotatable bonds is 4. The van der Waals surface area contributed by atoms with Gasteiger partial charge in [0.2, 0.25) is 5.75 Å². The molecule has 0 unspecified atom stereocenters. The minimum atomic E-state index is -0.738. The van der Waals surface area contributed by atoms with Crippen molar-refractivity contribution >= 4 is 11.6 Å². The van der Waals surface area contributed by atoms with Crippen LogP contribution in [0.3, 0.4) is 0 Å². The smallest absolute Gasteiger partial charge is 0.311 e. The minimum absolute atomic E-state index is 0.121. The Kier molecular flexibility index (Phi) is 3.46. The van der Waals surface area contributed by atoms with Crippen LogP contribution in [0.4, 0.5) is 5.69 Å². The van der Waals surface area contributed by atoms with Crippen LogP contribution in [0.25, 0.3) is 0 Å². The summed E-state index contributed by atoms with van der Waals surface area (Å²) in [5, 5.41) is 22.9. The van der Waals surface area contributed by atoms with Gasteiger partial charge in [-0.1, -0.05) is 6.07 Å². The quantitative estimate of drug-likeness (QED) is 0.573. The molecule has 0 aliphatic carbocycles. The number of hydrogen-bond acceptors (Lipinski definition) is 4. The molecule has 1 aromatic heterocycles. The first-order valence-corrected chi connectivity index (χ1v) is 5.46. The number of carbonyl (C=O) groups excluding carboxylic acids is 1. The molecule has 3 N–H and O–H groups in total. The van der Waals surface area contributed by atoms with Gasteiger partial charge in [-0.05, 0) is 17.7 Å². The van der Waals surface area contributed by atoms with Crippen molar-refractivity contribution in [2.45, 2.75) is 6.54 Å². The molecule has 0 fully saturated rings. The molecule has 0 aliphatic heterocycles. The molecule has 2 rings (SSSR count). The summed E-state index contributed by atoms with van der Waals surface area (Å²) in [4.78, 5) is 24.6. The number of phenols is 1. The average molecular weight is 261 g/mol. The molecule has 0 saturated heterocycles. The standard InChI is InChI=1S/C12H11N3O4/c16-11-9(2-1-3-10(11)15(18)19)12(17)14-7-8-4-5-13-6-8/h1-6,13,16H,7H2,(H,14,17). The first-order valence-electron chi connectivity index (χ1n) is 5.46. The second-order valence-electron chi connectivity index (χ2n) is 3.83. The molecule has 1 amide bonds. The maximum atomic E-state index is 11.8. The predicted octanol–water partition coefficient (Wildman–Crippen LogP) is 1.56. The molecule has 0 aliphatic rings. The third-order valence-electron chi connectivity index (χ3n) is 2.57. The number of nitro benzene ring substituents is 1. The van der Waals surface area contributed by atoms with Crippen molar-refractivity contribution < 1.29 is 14.8 Å². The number of aromatic hydroxyl groups is 1. The van der Waals surface area contributed by atoms with Gasteiger partial charge in [-0.3, -0.25) is 14.9 Å². The van der Waals surface area contributed by atoms with Crippen LogP contribution >= 0.6 is 0 Å². The SMILES string of the molecule is O=C(NCc1cc[nH]c1)c1cccc([N+](=O)[O-])c1O. The van der Waals surface area contributed by atoms with E-state index in [0.717, 1.165) is 11.6 Å². The van der Waals surface area contributed by atoms with Gasteiger partial charge in [0, 0.05) is 25.0 Å². The Bertz CT molecular complexity index is 607. The molecular weight excluding hydrogens is 250 g/mol. The number of aromatic amines is 1. The van der Waals surface area contributed by atoms with E-state index < -0.39 is 22.3 Å². The van der Waals surface area contributed by atoms with Gasteiger partial charge in [-0.25, -0.2) is 0 Å². The Labute approximate surface area is 108 Å². The number of nitro groups is 1. The van der Waals surface area contributed by atoms with Crippen molar-refractivity contribution in [1.82, 2.24) is 10.3 Å². The van der Waals surface area contributed by atoms with Crippen LogP contribution in [-0.4, -0.2) is 20.9 Å². The van der Waals surface area contributed by atoms with Gasteiger partial charge < -0.3 is 15.4 Å². The summed E-state index contributed by atoms with van der Waals surface area (Å²) < 4.78 is 0. The van der Waals surface area contributed by atoms with Gasteiger partial charge in [-0.2, -0.15) is 0 Å². The van der Waals surface area contributed by atoms with Crippen LogP contribution in [0.5, 0.6) is 5.75 Å². The van der Waals surface area contributed by atoms with E-state index in [2.05, 4.69) is 10.3 Å². The van der Waals surface area contributed by atoms with Gasteiger partial charge in [0.05, 0.1) is 10.5 Å². The van der Waals surface area contributed by atoms with E-state index in [-0.39, 0.29) is 12.1 Å². The number of nitrogens with zero attached hydrogens (tertiary/aromatic N) is 1. The number of amides is 1. The highest BCUT2D eigenvalue weighted by molar-refractivity contribution is 5.98. The van der Waals surface area contributed by atoms with Crippen molar-refractivity contribution in [3.63, 3.8) is 0 Å². The first-order chi connectivity index (χ1) is 9.09. The van der Waals surface area contributed by atoms with Crippen molar-refractivity contribution in [3.05, 3.63) is 57.9 Å². The van der Waals surface area contributed by atoms with Gasteiger partial charge in [0.25, 0.3) is 5.91 Å². The van der Waals surface area contributed by atoms with E-state index in [9.17, 15) is 20.0 Å². The molecular formula is C12H11N3O4. The predicted molar refractivity (Wildman–Crippen MR) is 66.7 cm³/mol. The monoisotopic (exact) mass is 261 g/mol. The normalized spacial score (nSPS) is 10.1. The average Bonchev–Trinajstić information content (AvgIpc) is 2.89. The lowest BCUT2D eigenvalue weighted by Gasteiger charge is -2.06. The molecule has 2 aromatic rings. The van der Waals surface area contributed by atoms with Gasteiger partial charge in [0.15, 0.2) is 0 Å². The summed E-state index contributed by atoms with van der Waals surface area (Å²) in [6.45, 7) is 0.268. The number of para-hydroxylation sites is 1. The minimum Gasteiger partial charge on any atom is -0.502 e. The lowest BCUT2D eigenvalue weighted by molar-refractivity contribution is -0.385. The van der Waals surface area contributed by atoms with Crippen LogP contribution in [-0.2, 0) is 6.54 Å². The highest BCUT2D eigenvalue weighted by Crippen LogP contribution is 2.29. The number of aromatic nitrogens is 1. The Balaban J connectivity index is 2.15. The Hall–Kier alpha value is -2.83. The molecule has 7 heteroatoms. The summed E-state index contributed by atoms with van der Waals surface area (Å²) in [7, 11) is 0. The Morgan fingerprint density at radius 3 is 2.84 bits per heavy atom. The number of hydrogen-bond donors (Lipinski definition) is 3. The second-order valence-corrected chi connectivity index (χ2v) is 3.83. The van der Waals surface area contributed by atoms with Crippen molar-refractivity contribution in [3.8, 4) is 5.75 Å². The van der Waals surface area contributed by atoms with E-state index in [0.29, 0.717) is 0 Å². The number of phenolic OH excluding ortho intramolecular Hbond substituents is 1. The summed E-state index contributed by atoms with van der Waals surface area (Å²) in [5.74, 6) is -1.19. The fourth-order valence-electron chi connectivity index (χ4n) is 1.61. The number of nitrogens with one attached hydrogen (secondary N) is 2. The van der Waals surface area contributed by atoms with E-state index in [1.807, 2.05) is 0 Å². The lowest BCUT2D eigenvalue weighted by atomic mass is 10.1. The number of carbonyl (C=O) groups is 1. The highest BCUT2D eigenvalue weighted by Gasteiger charge is 2.20. The zero-order valence-electron chi connectivity index (χ0n) is 9.79. The summed E-state index contributed by atoms with van der Waals surface area (Å²) in [5.41, 5.74) is 0.248. The van der Waals surface area contributed by atoms with Gasteiger partial charge in [0.1, 0.15) is 0 Å². The highest BCUT2D eigenvalue weighted by atomic mass is 16.6. The fraction of sp³-hybridized carbons (Fsp3) is 0.0833. The molecule has 0 saturated carbocycles. The van der Waals surface area contributed by atoms with Gasteiger partial charge >= 0.3 is 5.69 Å². The molecule has 0 bridgehead atoms. The Morgan fingerprint density at radius 1 is 1.42 bits per heavy atom. The van der Waals surface area contributed by atoms with Crippen LogP contribution in [0, 0.1) is 10.1 Å². The molecule has 0 radical (unpaired) electrons. The number of H-pyrrole nitrogens is 1. The lowest BCUT2D eigenvalue weighted by Crippen LogP contribution is -2.22. The maximum absolute atomic E-state index is 11.8. The third kappa shape index (κ3) is 2.71. The zero-order chi connectivity index (χ0) is 13.8. The van der Waals surface area contributed by atoms with Crippen molar-refractivity contribution in [2.24, 2.45) is 0 Å². The molecule has 0 spiro atoms. The summed E-state index contributed by atoms with van der Waals surface area (Å²) in [6.07, 6.45) is 3.43. The summed E-state index contributed by atoms with van der Waals surface area (Å²) in [6, 6.07) is 5.60. The van der Waals surface area contributed by atoms with Gasteiger partial charge in [-0.15, -0.1) is 0 Å². The second kappa shape index (κ2) is 5.21. The van der Waals surface area contributed by atoms with E-state index in [4.69, 9.17) is 0 Å². The first kappa shape index (κ1) is 12.6. The van der Waals surface area contributed by atoms with Crippen LogP contribution < -0.4 is 5.32 Å². The van der Waals surface area contributed by atoms with Crippen molar-refractivity contribution in [2.75, 3.05) is 0 Å². The van der Waals surface area contributed by atoms with Crippen LogP contribution in [0.1, 0.15) is 15.9 Å². The largest absolute Gasteiger partial charge is 0.502 e. The molecule has 1 heterocycles. The topological polar surface area (TPSA) is 108 Å².